The fraction of sp³-hybridized carbons (Fsp3) is 0.473. The molecule has 5 aromatic rings. The van der Waals surface area contributed by atoms with Crippen LogP contribution in [0.25, 0.3) is 22.0 Å². The Hall–Kier alpha value is -6.28. The van der Waals surface area contributed by atoms with E-state index in [2.05, 4.69) is 27.6 Å². The molecule has 1 saturated carbocycles. The number of fused-ring (bicyclic) bond motifs is 2. The molecule has 0 spiro atoms. The van der Waals surface area contributed by atoms with Crippen molar-refractivity contribution >= 4 is 52.1 Å². The largest absolute Gasteiger partial charge is 0.488 e. The number of nitrogens with one attached hydrogen (secondary N) is 2. The van der Waals surface area contributed by atoms with Crippen LogP contribution in [-0.4, -0.2) is 113 Å². The van der Waals surface area contributed by atoms with Gasteiger partial charge in [0.05, 0.1) is 22.6 Å². The molecule has 5 amide bonds. The fourth-order valence-electron chi connectivity index (χ4n) is 12.5. The number of anilines is 1. The molecule has 5 aliphatic rings. The van der Waals surface area contributed by atoms with Gasteiger partial charge in [-0.15, -0.1) is 0 Å². The van der Waals surface area contributed by atoms with Crippen LogP contribution < -0.4 is 30.7 Å². The summed E-state index contributed by atoms with van der Waals surface area (Å²) in [6, 6.07) is 13.8. The molecule has 5 heterocycles. The average molecular weight is 1060 g/mol. The molecular weight excluding hydrogens is 996 g/mol. The first-order valence-corrected chi connectivity index (χ1v) is 26.3. The number of aromatic nitrogens is 2. The van der Waals surface area contributed by atoms with E-state index in [1.807, 2.05) is 42.2 Å². The number of likely N-dealkylation sites (tertiary alicyclic amines) is 2. The number of aliphatic hydroxyl groups is 1. The zero-order valence-corrected chi connectivity index (χ0v) is 42.8. The number of nitrogens with two attached hydrogens (primary N) is 1. The SMILES string of the molecule is C[C@@H]1CCC(N2CCC(c3c(F)cc4c(N5CCC(=O)NC5=O)nn(C)c4c3F)CC2)CN1C(=O)C1CCC(NC[C@]2(c3ccccc3)Oc3cc(F)c(Cl)c(-c4c(C(N)=O)ccc(OCCO)c4F)c3[C@@H]2C)CC1. The molecular formula is C55H61ClF4N8O7. The zero-order valence-electron chi connectivity index (χ0n) is 42.1. The third-order valence-corrected chi connectivity index (χ3v) is 16.9. The molecule has 1 unspecified atom stereocenters. The van der Waals surface area contributed by atoms with Crippen LogP contribution in [0.1, 0.15) is 111 Å². The van der Waals surface area contributed by atoms with Crippen molar-refractivity contribution in [3.05, 3.63) is 105 Å². The number of carbonyl (C=O) groups excluding carboxylic acids is 4. The van der Waals surface area contributed by atoms with Crippen molar-refractivity contribution in [3.8, 4) is 22.6 Å². The Morgan fingerprint density at radius 3 is 2.35 bits per heavy atom. The van der Waals surface area contributed by atoms with E-state index in [0.717, 1.165) is 18.4 Å². The lowest BCUT2D eigenvalue weighted by Crippen LogP contribution is -2.56. The number of carbonyl (C=O) groups is 4. The number of imide groups is 1. The molecule has 1 aliphatic carbocycles. The first-order valence-electron chi connectivity index (χ1n) is 25.9. The second-order valence-electron chi connectivity index (χ2n) is 20.8. The molecule has 1 aromatic heterocycles. The molecule has 15 nitrogen and oxygen atoms in total. The molecule has 4 fully saturated rings. The maximum Gasteiger partial charge on any atom is 0.329 e. The summed E-state index contributed by atoms with van der Waals surface area (Å²) in [5, 5.41) is 19.5. The number of ether oxygens (including phenoxy) is 2. The highest BCUT2D eigenvalue weighted by atomic mass is 35.5. The zero-order chi connectivity index (χ0) is 53.0. The molecule has 0 bridgehead atoms. The standard InChI is InChI=1S/C55H61ClF4N8O7/c1-29-9-14-35(66-20-17-31(18-21-66)44-38(57)25-37-50(49(44)60)65(3)64-52(37)67-22-19-42(70)63-54(67)73)27-68(29)53(72)32-10-12-34(13-11-32)62-28-55(33-7-5-4-6-8-33)30(2)43-41(75-55)26-39(58)47(56)46(43)45-36(51(61)71)15-16-40(48(45)59)74-24-23-69/h4-8,15-16,25-26,29-32,34-35,62,69H,9-14,17-24,27-28H2,1-3H3,(H2,61,71)(H,63,70,73)/t29-,30+,32?,34?,35?,55+/m1/s1. The van der Waals surface area contributed by atoms with E-state index in [-0.39, 0.29) is 112 Å². The lowest BCUT2D eigenvalue weighted by Gasteiger charge is -2.46. The maximum absolute atomic E-state index is 16.5. The van der Waals surface area contributed by atoms with E-state index in [0.29, 0.717) is 63.7 Å². The van der Waals surface area contributed by atoms with Crippen molar-refractivity contribution < 1.29 is 51.3 Å². The minimum Gasteiger partial charge on any atom is -0.488 e. The monoisotopic (exact) mass is 1060 g/mol. The number of hydrogen-bond donors (Lipinski definition) is 4. The van der Waals surface area contributed by atoms with Crippen LogP contribution in [0.5, 0.6) is 11.5 Å². The van der Waals surface area contributed by atoms with E-state index in [1.54, 1.807) is 7.05 Å². The van der Waals surface area contributed by atoms with Gasteiger partial charge in [0.25, 0.3) is 0 Å². The summed E-state index contributed by atoms with van der Waals surface area (Å²) in [5.41, 5.74) is 5.22. The highest BCUT2D eigenvalue weighted by Crippen LogP contribution is 2.57. The predicted molar refractivity (Wildman–Crippen MR) is 273 cm³/mol. The molecule has 4 atom stereocenters. The van der Waals surface area contributed by atoms with Crippen molar-refractivity contribution in [2.75, 3.05) is 50.8 Å². The van der Waals surface area contributed by atoms with Crippen molar-refractivity contribution in [2.24, 2.45) is 18.7 Å². The molecule has 3 saturated heterocycles. The van der Waals surface area contributed by atoms with E-state index >= 15 is 17.6 Å². The molecule has 10 rings (SSSR count). The third-order valence-electron chi connectivity index (χ3n) is 16.6. The molecule has 75 heavy (non-hydrogen) atoms. The molecule has 4 aromatic carbocycles. The minimum atomic E-state index is -1.15. The Bertz CT molecular complexity index is 3060. The van der Waals surface area contributed by atoms with Gasteiger partial charge in [-0.25, -0.2) is 22.4 Å². The number of aryl methyl sites for hydroxylation is 1. The molecule has 4 aliphatic heterocycles. The van der Waals surface area contributed by atoms with Gasteiger partial charge in [-0.1, -0.05) is 48.9 Å². The number of benzene rings is 4. The highest BCUT2D eigenvalue weighted by molar-refractivity contribution is 6.34. The lowest BCUT2D eigenvalue weighted by atomic mass is 9.77. The summed E-state index contributed by atoms with van der Waals surface area (Å²) in [6.45, 7) is 5.43. The van der Waals surface area contributed by atoms with Gasteiger partial charge in [-0.05, 0) is 101 Å². The number of primary amides is 1. The summed E-state index contributed by atoms with van der Waals surface area (Å²) in [6.07, 6.45) is 5.54. The normalized spacial score (nSPS) is 24.6. The number of hydrogen-bond acceptors (Lipinski definition) is 10. The van der Waals surface area contributed by atoms with E-state index in [1.165, 1.54) is 33.8 Å². The Morgan fingerprint density at radius 2 is 1.65 bits per heavy atom. The second-order valence-corrected chi connectivity index (χ2v) is 21.1. The van der Waals surface area contributed by atoms with E-state index in [4.69, 9.17) is 26.8 Å². The lowest BCUT2D eigenvalue weighted by molar-refractivity contribution is -0.142. The Kier molecular flexibility index (Phi) is 14.6. The van der Waals surface area contributed by atoms with Crippen LogP contribution in [0.4, 0.5) is 28.2 Å². The number of halogens is 5. The van der Waals surface area contributed by atoms with Gasteiger partial charge in [0.15, 0.2) is 28.8 Å². The summed E-state index contributed by atoms with van der Waals surface area (Å²) in [5.74, 6) is -5.74. The number of aliphatic hydroxyl groups excluding tert-OH is 1. The van der Waals surface area contributed by atoms with Crippen LogP contribution in [0, 0.1) is 29.2 Å². The molecule has 0 radical (unpaired) electrons. The van der Waals surface area contributed by atoms with Crippen molar-refractivity contribution in [2.45, 2.75) is 107 Å². The van der Waals surface area contributed by atoms with Crippen molar-refractivity contribution in [1.82, 2.24) is 30.2 Å². The Balaban J connectivity index is 0.795. The van der Waals surface area contributed by atoms with Crippen LogP contribution >= 0.6 is 11.6 Å². The van der Waals surface area contributed by atoms with E-state index in [9.17, 15) is 24.3 Å². The first kappa shape index (κ1) is 52.2. The summed E-state index contributed by atoms with van der Waals surface area (Å²) >= 11 is 6.73. The van der Waals surface area contributed by atoms with Crippen molar-refractivity contribution in [1.29, 1.82) is 0 Å². The Labute approximate surface area is 436 Å². The van der Waals surface area contributed by atoms with Crippen LogP contribution in [0.15, 0.2) is 54.6 Å². The number of urea groups is 1. The average Bonchev–Trinajstić information content (AvgIpc) is 3.88. The second kappa shape index (κ2) is 21.0. The van der Waals surface area contributed by atoms with Crippen molar-refractivity contribution in [3.63, 3.8) is 0 Å². The van der Waals surface area contributed by atoms with Gasteiger partial charge in [0, 0.05) is 91.4 Å². The number of rotatable bonds is 13. The maximum atomic E-state index is 16.5. The fourth-order valence-corrected chi connectivity index (χ4v) is 12.8. The predicted octanol–water partition coefficient (Wildman–Crippen LogP) is 8.17. The number of piperidine rings is 2. The topological polar surface area (TPSA) is 185 Å². The molecule has 5 N–H and O–H groups in total. The number of nitrogens with zero attached hydrogens (tertiary/aromatic N) is 5. The van der Waals surface area contributed by atoms with E-state index < -0.39 is 64.3 Å². The van der Waals surface area contributed by atoms with Gasteiger partial charge in [0.2, 0.25) is 17.7 Å². The van der Waals surface area contributed by atoms with Gasteiger partial charge < -0.3 is 30.5 Å². The smallest absolute Gasteiger partial charge is 0.329 e. The quantitative estimate of drug-likeness (QED) is 0.0840. The van der Waals surface area contributed by atoms with Crippen LogP contribution in [-0.2, 0) is 22.2 Å². The van der Waals surface area contributed by atoms with Crippen LogP contribution in [0.3, 0.4) is 0 Å². The Morgan fingerprint density at radius 1 is 0.920 bits per heavy atom. The first-order chi connectivity index (χ1) is 36.0. The molecule has 398 valence electrons. The molecule has 20 heteroatoms. The summed E-state index contributed by atoms with van der Waals surface area (Å²) < 4.78 is 78.4. The van der Waals surface area contributed by atoms with Crippen LogP contribution in [0.2, 0.25) is 5.02 Å². The minimum absolute atomic E-state index is 0.000492. The van der Waals surface area contributed by atoms with Gasteiger partial charge in [-0.2, -0.15) is 5.10 Å². The summed E-state index contributed by atoms with van der Waals surface area (Å²) in [7, 11) is 1.55. The third kappa shape index (κ3) is 9.47. The summed E-state index contributed by atoms with van der Waals surface area (Å²) in [4.78, 5) is 57.2. The number of amides is 5. The highest BCUT2D eigenvalue weighted by Gasteiger charge is 2.51. The van der Waals surface area contributed by atoms with Gasteiger partial charge in [-0.3, -0.25) is 34.2 Å². The van der Waals surface area contributed by atoms with Gasteiger partial charge >= 0.3 is 6.03 Å². The van der Waals surface area contributed by atoms with Gasteiger partial charge in [0.1, 0.15) is 29.5 Å².